The fourth-order valence-corrected chi connectivity index (χ4v) is 1.82. The van der Waals surface area contributed by atoms with Crippen LogP contribution in [0, 0.1) is 17.1 Å². The molecule has 2 aromatic rings. The monoisotopic (exact) mass is 267 g/mol. The van der Waals surface area contributed by atoms with E-state index < -0.39 is 5.82 Å². The van der Waals surface area contributed by atoms with Crippen LogP contribution in [-0.2, 0) is 0 Å². The Balaban J connectivity index is 2.66. The van der Waals surface area contributed by atoms with Gasteiger partial charge in [-0.15, -0.1) is 0 Å². The van der Waals surface area contributed by atoms with Gasteiger partial charge < -0.3 is 0 Å². The predicted octanol–water partition coefficient (Wildman–Crippen LogP) is 3.46. The molecule has 0 saturated heterocycles. The molecule has 1 aromatic carbocycles. The molecule has 84 valence electrons. The van der Waals surface area contributed by atoms with Crippen molar-refractivity contribution in [3.8, 4) is 17.3 Å². The molecule has 0 bridgehead atoms. The lowest BCUT2D eigenvalue weighted by Crippen LogP contribution is -1.96. The van der Waals surface area contributed by atoms with E-state index in [9.17, 15) is 4.39 Å². The Kier molecular flexibility index (Phi) is 3.23. The normalized spacial score (nSPS) is 10.0. The Morgan fingerprint density at radius 1 is 1.24 bits per heavy atom. The Hall–Kier alpha value is -1.70. The summed E-state index contributed by atoms with van der Waals surface area (Å²) in [5, 5.41) is 9.37. The molecule has 3 nitrogen and oxygen atoms in total. The van der Waals surface area contributed by atoms with Crippen molar-refractivity contribution in [1.29, 1.82) is 5.26 Å². The van der Waals surface area contributed by atoms with E-state index in [2.05, 4.69) is 9.97 Å². The van der Waals surface area contributed by atoms with E-state index in [1.165, 1.54) is 12.1 Å². The van der Waals surface area contributed by atoms with Gasteiger partial charge in [-0.05, 0) is 18.2 Å². The van der Waals surface area contributed by atoms with Gasteiger partial charge >= 0.3 is 0 Å². The highest BCUT2D eigenvalue weighted by Crippen LogP contribution is 2.30. The molecule has 0 saturated carbocycles. The van der Waals surface area contributed by atoms with Gasteiger partial charge in [-0.25, -0.2) is 14.4 Å². The summed E-state index contributed by atoms with van der Waals surface area (Å²) >= 11 is 11.7. The average Bonchev–Trinajstić information content (AvgIpc) is 2.30. The fraction of sp³-hybridized carbons (Fsp3) is 0. The summed E-state index contributed by atoms with van der Waals surface area (Å²) in [5.41, 5.74) is 0.0340. The number of nitriles is 1. The van der Waals surface area contributed by atoms with Gasteiger partial charge in [0.05, 0.1) is 5.02 Å². The molecule has 2 rings (SSSR count). The van der Waals surface area contributed by atoms with Gasteiger partial charge in [0.1, 0.15) is 18.1 Å². The first-order valence-electron chi connectivity index (χ1n) is 4.49. The van der Waals surface area contributed by atoms with E-state index in [4.69, 9.17) is 28.5 Å². The zero-order valence-electron chi connectivity index (χ0n) is 8.28. The minimum atomic E-state index is -0.792. The van der Waals surface area contributed by atoms with Crippen molar-refractivity contribution in [1.82, 2.24) is 9.97 Å². The minimum Gasteiger partial charge on any atom is -0.233 e. The molecule has 6 heteroatoms. The first-order valence-corrected chi connectivity index (χ1v) is 5.25. The number of hydrogen-bond acceptors (Lipinski definition) is 3. The zero-order chi connectivity index (χ0) is 12.4. The van der Waals surface area contributed by atoms with Crippen LogP contribution < -0.4 is 0 Å². The van der Waals surface area contributed by atoms with Gasteiger partial charge in [0.25, 0.3) is 0 Å². The van der Waals surface area contributed by atoms with E-state index in [1.807, 2.05) is 0 Å². The Bertz CT molecular complexity index is 623. The van der Waals surface area contributed by atoms with E-state index in [0.29, 0.717) is 10.6 Å². The lowest BCUT2D eigenvalue weighted by molar-refractivity contribution is 0.613. The number of hydrogen-bond donors (Lipinski definition) is 0. The van der Waals surface area contributed by atoms with Gasteiger partial charge in [-0.3, -0.25) is 0 Å². The second kappa shape index (κ2) is 4.66. The average molecular weight is 268 g/mol. The lowest BCUT2D eigenvalue weighted by atomic mass is 10.1. The Labute approximate surface area is 106 Å². The summed E-state index contributed by atoms with van der Waals surface area (Å²) in [7, 11) is 0. The molecule has 0 fully saturated rings. The number of benzene rings is 1. The first kappa shape index (κ1) is 11.8. The summed E-state index contributed by atoms with van der Waals surface area (Å²) in [5.74, 6) is -0.792. The third-order valence-corrected chi connectivity index (χ3v) is 2.63. The van der Waals surface area contributed by atoms with E-state index in [-0.39, 0.29) is 16.4 Å². The molecule has 0 unspecified atom stereocenters. The number of aromatic nitrogens is 2. The highest BCUT2D eigenvalue weighted by atomic mass is 35.5. The van der Waals surface area contributed by atoms with Crippen molar-refractivity contribution >= 4 is 23.2 Å². The largest absolute Gasteiger partial charge is 0.233 e. The van der Waals surface area contributed by atoms with Crippen LogP contribution in [-0.4, -0.2) is 9.97 Å². The van der Waals surface area contributed by atoms with Gasteiger partial charge in [-0.1, -0.05) is 23.2 Å². The maximum absolute atomic E-state index is 13.8. The molecular formula is C11H4Cl2FN3. The molecule has 17 heavy (non-hydrogen) atoms. The number of halogens is 3. The molecular weight excluding hydrogens is 264 g/mol. The van der Waals surface area contributed by atoms with Crippen LogP contribution in [0.25, 0.3) is 11.3 Å². The number of rotatable bonds is 1. The van der Waals surface area contributed by atoms with Gasteiger partial charge in [0, 0.05) is 10.6 Å². The molecule has 0 radical (unpaired) electrons. The SMILES string of the molecule is N#Cc1ncnc(-c2ccc(Cl)cc2Cl)c1F. The van der Waals surface area contributed by atoms with Crippen molar-refractivity contribution in [2.24, 2.45) is 0 Å². The van der Waals surface area contributed by atoms with Crippen LogP contribution in [0.4, 0.5) is 4.39 Å². The third-order valence-electron chi connectivity index (χ3n) is 2.08. The highest BCUT2D eigenvalue weighted by molar-refractivity contribution is 6.36. The van der Waals surface area contributed by atoms with Crippen molar-refractivity contribution in [3.63, 3.8) is 0 Å². The second-order valence-electron chi connectivity index (χ2n) is 3.12. The number of nitrogens with zero attached hydrogens (tertiary/aromatic N) is 3. The summed E-state index contributed by atoms with van der Waals surface area (Å²) in [6.45, 7) is 0. The van der Waals surface area contributed by atoms with Gasteiger partial charge in [0.15, 0.2) is 11.5 Å². The van der Waals surface area contributed by atoms with Crippen molar-refractivity contribution < 1.29 is 4.39 Å². The molecule has 0 atom stereocenters. The molecule has 0 spiro atoms. The fourth-order valence-electron chi connectivity index (χ4n) is 1.32. The quantitative estimate of drug-likeness (QED) is 0.795. The third kappa shape index (κ3) is 2.21. The maximum Gasteiger partial charge on any atom is 0.185 e. The second-order valence-corrected chi connectivity index (χ2v) is 3.96. The summed E-state index contributed by atoms with van der Waals surface area (Å²) in [6.07, 6.45) is 1.11. The lowest BCUT2D eigenvalue weighted by Gasteiger charge is -2.05. The predicted molar refractivity (Wildman–Crippen MR) is 62.2 cm³/mol. The van der Waals surface area contributed by atoms with Crippen LogP contribution in [0.2, 0.25) is 10.0 Å². The summed E-state index contributed by atoms with van der Waals surface area (Å²) in [6, 6.07) is 6.22. The zero-order valence-corrected chi connectivity index (χ0v) is 9.80. The smallest absolute Gasteiger partial charge is 0.185 e. The molecule has 0 aliphatic carbocycles. The van der Waals surface area contributed by atoms with Crippen molar-refractivity contribution in [2.45, 2.75) is 0 Å². The molecule has 1 heterocycles. The van der Waals surface area contributed by atoms with Crippen LogP contribution >= 0.6 is 23.2 Å². The minimum absolute atomic E-state index is 0.0155. The summed E-state index contributed by atoms with van der Waals surface area (Å²) < 4.78 is 13.8. The molecule has 0 aliphatic rings. The van der Waals surface area contributed by atoms with Gasteiger partial charge in [-0.2, -0.15) is 5.26 Å². The Morgan fingerprint density at radius 2 is 2.00 bits per heavy atom. The van der Waals surface area contributed by atoms with Crippen molar-refractivity contribution in [2.75, 3.05) is 0 Å². The van der Waals surface area contributed by atoms with Gasteiger partial charge in [0.2, 0.25) is 0 Å². The molecule has 0 N–H and O–H groups in total. The van der Waals surface area contributed by atoms with Crippen molar-refractivity contribution in [3.05, 3.63) is 46.1 Å². The standard InChI is InChI=1S/C11H4Cl2FN3/c12-6-1-2-7(8(13)3-6)11-10(14)9(4-15)16-5-17-11/h1-3,5H. The van der Waals surface area contributed by atoms with Crippen LogP contribution in [0.1, 0.15) is 5.69 Å². The molecule has 0 amide bonds. The topological polar surface area (TPSA) is 49.6 Å². The van der Waals surface area contributed by atoms with Crippen LogP contribution in [0.15, 0.2) is 24.5 Å². The van der Waals surface area contributed by atoms with Crippen LogP contribution in [0.5, 0.6) is 0 Å². The van der Waals surface area contributed by atoms with E-state index >= 15 is 0 Å². The maximum atomic E-state index is 13.8. The van der Waals surface area contributed by atoms with Crippen LogP contribution in [0.3, 0.4) is 0 Å². The first-order chi connectivity index (χ1) is 8.13. The van der Waals surface area contributed by atoms with E-state index in [0.717, 1.165) is 6.33 Å². The van der Waals surface area contributed by atoms with E-state index in [1.54, 1.807) is 12.1 Å². The Morgan fingerprint density at radius 3 is 2.65 bits per heavy atom. The highest BCUT2D eigenvalue weighted by Gasteiger charge is 2.15. The molecule has 1 aromatic heterocycles. The molecule has 0 aliphatic heterocycles. The summed E-state index contributed by atoms with van der Waals surface area (Å²) in [4.78, 5) is 7.30.